The number of nitrogens with two attached hydrogens (primary N) is 1. The van der Waals surface area contributed by atoms with Gasteiger partial charge in [0.1, 0.15) is 12.9 Å². The zero-order valence-corrected chi connectivity index (χ0v) is 9.05. The molecule has 0 aliphatic rings. The van der Waals surface area contributed by atoms with Crippen LogP contribution in [0.1, 0.15) is 11.1 Å². The standard InChI is InChI=1S/C12H13N3O/c1-9-2-4-10(5-3-9)7-16-11-6-14-8-15-12(11)13/h2-6,8H,7H2,1H3,(H2,13,14,15). The molecule has 0 unspecified atom stereocenters. The predicted octanol–water partition coefficient (Wildman–Crippen LogP) is 1.95. The highest BCUT2D eigenvalue weighted by molar-refractivity contribution is 5.42. The second kappa shape index (κ2) is 4.61. The summed E-state index contributed by atoms with van der Waals surface area (Å²) in [4.78, 5) is 7.70. The molecule has 0 amide bonds. The molecular formula is C12H13N3O. The Balaban J connectivity index is 2.02. The monoisotopic (exact) mass is 215 g/mol. The average Bonchev–Trinajstić information content (AvgIpc) is 2.30. The Morgan fingerprint density at radius 2 is 2.00 bits per heavy atom. The average molecular weight is 215 g/mol. The van der Waals surface area contributed by atoms with Gasteiger partial charge in [-0.1, -0.05) is 29.8 Å². The number of nitrogen functional groups attached to an aromatic ring is 1. The number of aromatic nitrogens is 2. The minimum Gasteiger partial charge on any atom is -0.483 e. The van der Waals surface area contributed by atoms with Crippen LogP contribution in [0.4, 0.5) is 5.82 Å². The van der Waals surface area contributed by atoms with Gasteiger partial charge in [0.05, 0.1) is 6.20 Å². The minimum absolute atomic E-state index is 0.363. The lowest BCUT2D eigenvalue weighted by Crippen LogP contribution is -2.00. The van der Waals surface area contributed by atoms with Crippen LogP contribution in [0.5, 0.6) is 5.75 Å². The SMILES string of the molecule is Cc1ccc(COc2cncnc2N)cc1. The molecule has 0 aliphatic carbocycles. The van der Waals surface area contributed by atoms with Crippen molar-refractivity contribution >= 4 is 5.82 Å². The number of aryl methyl sites for hydroxylation is 1. The molecule has 0 fully saturated rings. The zero-order chi connectivity index (χ0) is 11.4. The fourth-order valence-electron chi connectivity index (χ4n) is 1.28. The predicted molar refractivity (Wildman–Crippen MR) is 62.0 cm³/mol. The van der Waals surface area contributed by atoms with Gasteiger partial charge < -0.3 is 10.5 Å². The molecule has 2 N–H and O–H groups in total. The van der Waals surface area contributed by atoms with Crippen molar-refractivity contribution in [3.8, 4) is 5.75 Å². The first-order valence-electron chi connectivity index (χ1n) is 4.99. The summed E-state index contributed by atoms with van der Waals surface area (Å²) in [5.41, 5.74) is 7.95. The van der Waals surface area contributed by atoms with Crippen molar-refractivity contribution in [2.45, 2.75) is 13.5 Å². The Labute approximate surface area is 94.1 Å². The molecule has 2 aromatic rings. The van der Waals surface area contributed by atoms with E-state index in [-0.39, 0.29) is 0 Å². The molecule has 4 nitrogen and oxygen atoms in total. The number of hydrogen-bond donors (Lipinski definition) is 1. The van der Waals surface area contributed by atoms with Gasteiger partial charge in [-0.05, 0) is 12.5 Å². The van der Waals surface area contributed by atoms with E-state index in [1.54, 1.807) is 6.20 Å². The molecular weight excluding hydrogens is 202 g/mol. The summed E-state index contributed by atoms with van der Waals surface area (Å²) in [7, 11) is 0. The fourth-order valence-corrected chi connectivity index (χ4v) is 1.28. The number of anilines is 1. The van der Waals surface area contributed by atoms with Gasteiger partial charge in [0.25, 0.3) is 0 Å². The quantitative estimate of drug-likeness (QED) is 0.850. The van der Waals surface area contributed by atoms with Gasteiger partial charge in [0, 0.05) is 0 Å². The minimum atomic E-state index is 0.363. The molecule has 1 aromatic heterocycles. The number of benzene rings is 1. The molecule has 1 heterocycles. The number of nitrogens with zero attached hydrogens (tertiary/aromatic N) is 2. The highest BCUT2D eigenvalue weighted by Gasteiger charge is 2.01. The van der Waals surface area contributed by atoms with Crippen molar-refractivity contribution < 1.29 is 4.74 Å². The highest BCUT2D eigenvalue weighted by Crippen LogP contribution is 2.17. The fraction of sp³-hybridized carbons (Fsp3) is 0.167. The molecule has 0 spiro atoms. The Bertz CT molecular complexity index is 468. The van der Waals surface area contributed by atoms with Crippen LogP contribution in [0.3, 0.4) is 0 Å². The van der Waals surface area contributed by atoms with Crippen LogP contribution in [-0.2, 0) is 6.61 Å². The van der Waals surface area contributed by atoms with Gasteiger partial charge in [0.2, 0.25) is 0 Å². The molecule has 16 heavy (non-hydrogen) atoms. The van der Waals surface area contributed by atoms with E-state index in [0.717, 1.165) is 5.56 Å². The summed E-state index contributed by atoms with van der Waals surface area (Å²) >= 11 is 0. The van der Waals surface area contributed by atoms with E-state index in [9.17, 15) is 0 Å². The summed E-state index contributed by atoms with van der Waals surface area (Å²) in [5.74, 6) is 0.880. The van der Waals surface area contributed by atoms with Crippen molar-refractivity contribution in [3.63, 3.8) is 0 Å². The van der Waals surface area contributed by atoms with Crippen LogP contribution in [0.15, 0.2) is 36.8 Å². The van der Waals surface area contributed by atoms with Crippen molar-refractivity contribution in [3.05, 3.63) is 47.9 Å². The maximum atomic E-state index is 5.63. The lowest BCUT2D eigenvalue weighted by molar-refractivity contribution is 0.305. The lowest BCUT2D eigenvalue weighted by Gasteiger charge is -2.07. The van der Waals surface area contributed by atoms with E-state index in [0.29, 0.717) is 18.2 Å². The first-order chi connectivity index (χ1) is 7.75. The van der Waals surface area contributed by atoms with Crippen LogP contribution in [0.25, 0.3) is 0 Å². The summed E-state index contributed by atoms with van der Waals surface area (Å²) in [5, 5.41) is 0. The molecule has 0 saturated heterocycles. The van der Waals surface area contributed by atoms with Crippen LogP contribution in [0.2, 0.25) is 0 Å². The van der Waals surface area contributed by atoms with E-state index in [1.165, 1.54) is 11.9 Å². The Morgan fingerprint density at radius 1 is 1.25 bits per heavy atom. The third-order valence-corrected chi connectivity index (χ3v) is 2.22. The van der Waals surface area contributed by atoms with E-state index < -0.39 is 0 Å². The largest absolute Gasteiger partial charge is 0.483 e. The maximum Gasteiger partial charge on any atom is 0.180 e. The third-order valence-electron chi connectivity index (χ3n) is 2.22. The summed E-state index contributed by atoms with van der Waals surface area (Å²) in [6.07, 6.45) is 2.96. The highest BCUT2D eigenvalue weighted by atomic mass is 16.5. The van der Waals surface area contributed by atoms with E-state index in [4.69, 9.17) is 10.5 Å². The molecule has 2 rings (SSSR count). The van der Waals surface area contributed by atoms with Gasteiger partial charge >= 0.3 is 0 Å². The van der Waals surface area contributed by atoms with Crippen molar-refractivity contribution in [2.24, 2.45) is 0 Å². The lowest BCUT2D eigenvalue weighted by atomic mass is 10.2. The maximum absolute atomic E-state index is 5.63. The van der Waals surface area contributed by atoms with Crippen LogP contribution in [0, 0.1) is 6.92 Å². The molecule has 0 atom stereocenters. The van der Waals surface area contributed by atoms with Gasteiger partial charge in [-0.3, -0.25) is 0 Å². The van der Waals surface area contributed by atoms with Gasteiger partial charge in [-0.15, -0.1) is 0 Å². The topological polar surface area (TPSA) is 61.0 Å². The van der Waals surface area contributed by atoms with Crippen LogP contribution < -0.4 is 10.5 Å². The van der Waals surface area contributed by atoms with Gasteiger partial charge in [-0.2, -0.15) is 0 Å². The van der Waals surface area contributed by atoms with Crippen molar-refractivity contribution in [2.75, 3.05) is 5.73 Å². The normalized spacial score (nSPS) is 10.1. The van der Waals surface area contributed by atoms with Crippen molar-refractivity contribution in [1.82, 2.24) is 9.97 Å². The second-order valence-corrected chi connectivity index (χ2v) is 3.55. The number of ether oxygens (including phenoxy) is 1. The first kappa shape index (κ1) is 10.4. The van der Waals surface area contributed by atoms with Gasteiger partial charge in [0.15, 0.2) is 11.6 Å². The van der Waals surface area contributed by atoms with E-state index >= 15 is 0 Å². The summed E-state index contributed by atoms with van der Waals surface area (Å²) < 4.78 is 5.51. The smallest absolute Gasteiger partial charge is 0.180 e. The molecule has 82 valence electrons. The third kappa shape index (κ3) is 2.48. The molecule has 0 saturated carbocycles. The Kier molecular flexibility index (Phi) is 3.00. The Hall–Kier alpha value is -2.10. The second-order valence-electron chi connectivity index (χ2n) is 3.55. The first-order valence-corrected chi connectivity index (χ1v) is 4.99. The zero-order valence-electron chi connectivity index (χ0n) is 9.05. The molecule has 1 aromatic carbocycles. The van der Waals surface area contributed by atoms with E-state index in [2.05, 4.69) is 9.97 Å². The van der Waals surface area contributed by atoms with Crippen LogP contribution >= 0.6 is 0 Å². The van der Waals surface area contributed by atoms with Crippen LogP contribution in [-0.4, -0.2) is 9.97 Å². The number of rotatable bonds is 3. The number of hydrogen-bond acceptors (Lipinski definition) is 4. The molecule has 4 heteroatoms. The van der Waals surface area contributed by atoms with Crippen molar-refractivity contribution in [1.29, 1.82) is 0 Å². The summed E-state index contributed by atoms with van der Waals surface area (Å²) in [6, 6.07) is 8.14. The molecule has 0 bridgehead atoms. The Morgan fingerprint density at radius 3 is 2.69 bits per heavy atom. The van der Waals surface area contributed by atoms with Gasteiger partial charge in [-0.25, -0.2) is 9.97 Å². The summed E-state index contributed by atoms with van der Waals surface area (Å²) in [6.45, 7) is 2.52. The molecule has 0 radical (unpaired) electrons. The van der Waals surface area contributed by atoms with E-state index in [1.807, 2.05) is 31.2 Å². The molecule has 0 aliphatic heterocycles.